The summed E-state index contributed by atoms with van der Waals surface area (Å²) in [4.78, 5) is 21.2. The molecule has 5 heteroatoms. The maximum atomic E-state index is 10.6. The fourth-order valence-corrected chi connectivity index (χ4v) is 1.50. The molecule has 0 radical (unpaired) electrons. The van der Waals surface area contributed by atoms with Crippen LogP contribution in [-0.4, -0.2) is 22.2 Å². The van der Waals surface area contributed by atoms with Gasteiger partial charge in [-0.15, -0.1) is 0 Å². The van der Waals surface area contributed by atoms with Gasteiger partial charge in [0.05, 0.1) is 0 Å². The van der Waals surface area contributed by atoms with E-state index in [1.54, 1.807) is 0 Å². The summed E-state index contributed by atoms with van der Waals surface area (Å²) < 4.78 is 0. The van der Waals surface area contributed by atoms with Crippen LogP contribution < -0.4 is 29.6 Å². The summed E-state index contributed by atoms with van der Waals surface area (Å²) in [5.74, 6) is -2.38. The first-order chi connectivity index (χ1) is 5.09. The standard InChI is InChI=1S/C7H10O4.Na.H/c8-5(9)7(6(10)11)3-1-2-4-7;;/h1-4H2,(H,8,9)(H,10,11);;/q;+1;-1. The fraction of sp³-hybridized carbons (Fsp3) is 0.714. The molecule has 0 bridgehead atoms. The van der Waals surface area contributed by atoms with Crippen molar-refractivity contribution >= 4 is 11.9 Å². The van der Waals surface area contributed by atoms with E-state index >= 15 is 0 Å². The van der Waals surface area contributed by atoms with Crippen LogP contribution in [0, 0.1) is 5.41 Å². The van der Waals surface area contributed by atoms with Crippen LogP contribution in [0.3, 0.4) is 0 Å². The van der Waals surface area contributed by atoms with Gasteiger partial charge in [0, 0.05) is 0 Å². The van der Waals surface area contributed by atoms with Crippen molar-refractivity contribution in [2.75, 3.05) is 0 Å². The van der Waals surface area contributed by atoms with Gasteiger partial charge in [0.2, 0.25) is 0 Å². The van der Waals surface area contributed by atoms with Gasteiger partial charge in [-0.25, -0.2) is 0 Å². The normalized spacial score (nSPS) is 19.7. The predicted octanol–water partition coefficient (Wildman–Crippen LogP) is -2.17. The van der Waals surface area contributed by atoms with Gasteiger partial charge in [0.15, 0.2) is 5.41 Å². The molecule has 1 aliphatic rings. The van der Waals surface area contributed by atoms with Crippen LogP contribution in [-0.2, 0) is 9.59 Å². The zero-order valence-electron chi connectivity index (χ0n) is 8.04. The number of rotatable bonds is 2. The Hall–Kier alpha value is -0.0600. The van der Waals surface area contributed by atoms with Gasteiger partial charge in [-0.05, 0) is 12.8 Å². The summed E-state index contributed by atoms with van der Waals surface area (Å²) >= 11 is 0. The largest absolute Gasteiger partial charge is 1.00 e. The molecule has 0 amide bonds. The zero-order valence-corrected chi connectivity index (χ0v) is 9.04. The molecule has 0 aromatic carbocycles. The Balaban J connectivity index is 0. The van der Waals surface area contributed by atoms with Gasteiger partial charge in [-0.1, -0.05) is 12.8 Å². The molecule has 0 unspecified atom stereocenters. The smallest absolute Gasteiger partial charge is 1.00 e. The van der Waals surface area contributed by atoms with Gasteiger partial charge >= 0.3 is 41.5 Å². The Bertz CT molecular complexity index is 185. The number of carboxylic acids is 2. The fourth-order valence-electron chi connectivity index (χ4n) is 1.50. The molecule has 0 atom stereocenters. The van der Waals surface area contributed by atoms with Crippen LogP contribution in [0.25, 0.3) is 0 Å². The molecule has 1 rings (SSSR count). The van der Waals surface area contributed by atoms with E-state index in [1.807, 2.05) is 0 Å². The first-order valence-corrected chi connectivity index (χ1v) is 3.56. The van der Waals surface area contributed by atoms with Crippen LogP contribution >= 0.6 is 0 Å². The molecule has 0 aliphatic heterocycles. The van der Waals surface area contributed by atoms with Gasteiger partial charge in [-0.2, -0.15) is 0 Å². The third-order valence-corrected chi connectivity index (χ3v) is 2.28. The van der Waals surface area contributed by atoms with Crippen molar-refractivity contribution < 1.29 is 50.8 Å². The molecule has 0 aromatic heterocycles. The van der Waals surface area contributed by atoms with Gasteiger partial charge < -0.3 is 11.6 Å². The van der Waals surface area contributed by atoms with Crippen molar-refractivity contribution in [2.45, 2.75) is 25.7 Å². The van der Waals surface area contributed by atoms with Crippen molar-refractivity contribution in [3.63, 3.8) is 0 Å². The number of carbonyl (C=O) groups is 2. The van der Waals surface area contributed by atoms with Gasteiger partial charge in [0.25, 0.3) is 0 Å². The van der Waals surface area contributed by atoms with E-state index in [1.165, 1.54) is 0 Å². The molecular weight excluding hydrogens is 171 g/mol. The van der Waals surface area contributed by atoms with Crippen LogP contribution in [0.2, 0.25) is 0 Å². The van der Waals surface area contributed by atoms with Crippen molar-refractivity contribution in [3.8, 4) is 0 Å². The van der Waals surface area contributed by atoms with Crippen molar-refractivity contribution in [2.24, 2.45) is 5.41 Å². The van der Waals surface area contributed by atoms with Crippen molar-refractivity contribution in [1.29, 1.82) is 0 Å². The molecule has 4 nitrogen and oxygen atoms in total. The molecule has 1 aliphatic carbocycles. The molecule has 1 fully saturated rings. The number of hydrogen-bond acceptors (Lipinski definition) is 2. The quantitative estimate of drug-likeness (QED) is 0.376. The Labute approximate surface area is 93.7 Å². The average Bonchev–Trinajstić information content (AvgIpc) is 2.34. The third-order valence-electron chi connectivity index (χ3n) is 2.28. The minimum Gasteiger partial charge on any atom is -1.00 e. The summed E-state index contributed by atoms with van der Waals surface area (Å²) in [6.45, 7) is 0. The molecule has 2 N–H and O–H groups in total. The van der Waals surface area contributed by atoms with Crippen LogP contribution in [0.4, 0.5) is 0 Å². The molecular formula is C7H11NaO4. The van der Waals surface area contributed by atoms with E-state index in [-0.39, 0.29) is 43.8 Å². The maximum absolute atomic E-state index is 10.6. The number of carboxylic acid groups (broad SMARTS) is 2. The SMILES string of the molecule is O=C(O)C1(C(=O)O)CCCC1.[H-].[Na+]. The monoisotopic (exact) mass is 182 g/mol. The van der Waals surface area contributed by atoms with E-state index in [0.29, 0.717) is 12.8 Å². The maximum Gasteiger partial charge on any atom is 1.00 e. The summed E-state index contributed by atoms with van der Waals surface area (Å²) in [5, 5.41) is 17.3. The Morgan fingerprint density at radius 2 is 1.42 bits per heavy atom. The Morgan fingerprint density at radius 3 is 1.58 bits per heavy atom. The summed E-state index contributed by atoms with van der Waals surface area (Å²) in [6.07, 6.45) is 1.96. The molecule has 0 aromatic rings. The van der Waals surface area contributed by atoms with E-state index < -0.39 is 17.4 Å². The molecule has 0 saturated heterocycles. The second-order valence-electron chi connectivity index (χ2n) is 2.90. The van der Waals surface area contributed by atoms with Gasteiger partial charge in [-0.3, -0.25) is 9.59 Å². The average molecular weight is 182 g/mol. The van der Waals surface area contributed by atoms with E-state index in [4.69, 9.17) is 10.2 Å². The van der Waals surface area contributed by atoms with Crippen LogP contribution in [0.5, 0.6) is 0 Å². The van der Waals surface area contributed by atoms with Crippen LogP contribution in [0.15, 0.2) is 0 Å². The van der Waals surface area contributed by atoms with Crippen LogP contribution in [0.1, 0.15) is 27.1 Å². The second kappa shape index (κ2) is 4.25. The topological polar surface area (TPSA) is 74.6 Å². The van der Waals surface area contributed by atoms with Crippen molar-refractivity contribution in [3.05, 3.63) is 0 Å². The van der Waals surface area contributed by atoms with E-state index in [2.05, 4.69) is 0 Å². The number of hydrogen-bond donors (Lipinski definition) is 2. The Kier molecular flexibility index (Phi) is 4.23. The summed E-state index contributed by atoms with van der Waals surface area (Å²) in [7, 11) is 0. The zero-order chi connectivity index (χ0) is 8.48. The summed E-state index contributed by atoms with van der Waals surface area (Å²) in [5.41, 5.74) is -1.47. The number of aliphatic carboxylic acids is 2. The first kappa shape index (κ1) is 11.9. The van der Waals surface area contributed by atoms with E-state index in [0.717, 1.165) is 0 Å². The van der Waals surface area contributed by atoms with E-state index in [9.17, 15) is 9.59 Å². The molecule has 0 heterocycles. The minimum absolute atomic E-state index is 0. The predicted molar refractivity (Wildman–Crippen MR) is 37.3 cm³/mol. The minimum atomic E-state index is -1.47. The molecule has 0 spiro atoms. The Morgan fingerprint density at radius 1 is 1.08 bits per heavy atom. The molecule has 1 saturated carbocycles. The molecule has 12 heavy (non-hydrogen) atoms. The second-order valence-corrected chi connectivity index (χ2v) is 2.90. The molecule has 64 valence electrons. The third kappa shape index (κ3) is 1.81. The first-order valence-electron chi connectivity index (χ1n) is 3.56. The van der Waals surface area contributed by atoms with Crippen molar-refractivity contribution in [1.82, 2.24) is 0 Å². The van der Waals surface area contributed by atoms with Gasteiger partial charge in [0.1, 0.15) is 0 Å². The summed E-state index contributed by atoms with van der Waals surface area (Å²) in [6, 6.07) is 0.